The van der Waals surface area contributed by atoms with Gasteiger partial charge < -0.3 is 14.9 Å². The number of carboxylic acids is 1. The van der Waals surface area contributed by atoms with E-state index >= 15 is 0 Å². The Morgan fingerprint density at radius 3 is 2.61 bits per heavy atom. The summed E-state index contributed by atoms with van der Waals surface area (Å²) < 4.78 is 4.93. The van der Waals surface area contributed by atoms with E-state index in [0.29, 0.717) is 11.4 Å². The summed E-state index contributed by atoms with van der Waals surface area (Å²) in [5.74, 6) is -1.81. The van der Waals surface area contributed by atoms with E-state index < -0.39 is 17.1 Å². The van der Waals surface area contributed by atoms with Crippen LogP contribution in [-0.2, 0) is 19.2 Å². The maximum absolute atomic E-state index is 12.6. The van der Waals surface area contributed by atoms with E-state index in [0.717, 1.165) is 21.9 Å². The summed E-state index contributed by atoms with van der Waals surface area (Å²) in [6, 6.07) is 8.16. The van der Waals surface area contributed by atoms with E-state index in [2.05, 4.69) is 10.5 Å². The lowest BCUT2D eigenvalue weighted by Crippen LogP contribution is -2.31. The normalized spacial score (nSPS) is 16.8. The molecule has 10 heteroatoms. The van der Waals surface area contributed by atoms with Crippen LogP contribution in [0.5, 0.6) is 0 Å². The largest absolute Gasteiger partial charge is 0.478 e. The highest BCUT2D eigenvalue weighted by atomic mass is 32.2. The number of nitrogens with one attached hydrogen (secondary N) is 1. The third kappa shape index (κ3) is 4.46. The lowest BCUT2D eigenvalue weighted by atomic mass is 10.3. The molecule has 0 radical (unpaired) electrons. The van der Waals surface area contributed by atoms with Crippen LogP contribution in [0.1, 0.15) is 12.2 Å². The number of aryl methyl sites for hydroxylation is 1. The zero-order chi connectivity index (χ0) is 20.3. The molecule has 0 bridgehead atoms. The molecule has 1 aromatic heterocycles. The van der Waals surface area contributed by atoms with E-state index in [4.69, 9.17) is 9.63 Å². The molecule has 3 amide bonds. The van der Waals surface area contributed by atoms with Gasteiger partial charge in [0.15, 0.2) is 5.82 Å². The molecule has 1 fully saturated rings. The van der Waals surface area contributed by atoms with Gasteiger partial charge >= 0.3 is 5.97 Å². The highest BCUT2D eigenvalue weighted by Crippen LogP contribution is 2.34. The minimum atomic E-state index is -1.22. The lowest BCUT2D eigenvalue weighted by Gasteiger charge is -2.11. The molecule has 2 N–H and O–H groups in total. The monoisotopic (exact) mass is 401 g/mol. The van der Waals surface area contributed by atoms with Crippen molar-refractivity contribution in [2.75, 3.05) is 10.2 Å². The van der Waals surface area contributed by atoms with Gasteiger partial charge in [-0.15, -0.1) is 11.8 Å². The maximum atomic E-state index is 12.6. The van der Waals surface area contributed by atoms with Crippen LogP contribution in [-0.4, -0.2) is 39.2 Å². The predicted octanol–water partition coefficient (Wildman–Crippen LogP) is 1.99. The number of carbonyl (C=O) groups is 4. The first kappa shape index (κ1) is 19.4. The van der Waals surface area contributed by atoms with Crippen molar-refractivity contribution < 1.29 is 28.8 Å². The van der Waals surface area contributed by atoms with Gasteiger partial charge in [0.2, 0.25) is 17.7 Å². The third-order valence-corrected chi connectivity index (χ3v) is 4.92. The number of carboxylic acid groups (broad SMARTS) is 1. The number of imide groups is 1. The maximum Gasteiger partial charge on any atom is 0.328 e. The van der Waals surface area contributed by atoms with E-state index in [1.165, 1.54) is 17.8 Å². The van der Waals surface area contributed by atoms with Crippen molar-refractivity contribution in [1.82, 2.24) is 5.16 Å². The van der Waals surface area contributed by atoms with Crippen molar-refractivity contribution in [2.24, 2.45) is 0 Å². The Balaban J connectivity index is 1.63. The van der Waals surface area contributed by atoms with Gasteiger partial charge in [0.05, 0.1) is 5.25 Å². The van der Waals surface area contributed by atoms with Gasteiger partial charge in [0.1, 0.15) is 5.76 Å². The van der Waals surface area contributed by atoms with Crippen LogP contribution in [0.25, 0.3) is 0 Å². The average molecular weight is 401 g/mol. The first-order valence-corrected chi connectivity index (χ1v) is 9.00. The second-order valence-corrected chi connectivity index (χ2v) is 7.14. The van der Waals surface area contributed by atoms with E-state index in [1.807, 2.05) is 0 Å². The molecule has 1 aromatic carbocycles. The quantitative estimate of drug-likeness (QED) is 0.555. The summed E-state index contributed by atoms with van der Waals surface area (Å²) >= 11 is 1.24. The third-order valence-electron chi connectivity index (χ3n) is 3.73. The number of anilines is 2. The fourth-order valence-electron chi connectivity index (χ4n) is 2.51. The average Bonchev–Trinajstić information content (AvgIpc) is 3.17. The molecule has 9 nitrogen and oxygen atoms in total. The number of thioether (sulfide) groups is 1. The fourth-order valence-corrected chi connectivity index (χ4v) is 3.56. The molecular weight excluding hydrogens is 386 g/mol. The Bertz CT molecular complexity index is 966. The summed E-state index contributed by atoms with van der Waals surface area (Å²) in [5.41, 5.74) is 0.470. The number of aliphatic carboxylic acids is 1. The van der Waals surface area contributed by atoms with Crippen LogP contribution < -0.4 is 10.2 Å². The second-order valence-electron chi connectivity index (χ2n) is 5.86. The van der Waals surface area contributed by atoms with Gasteiger partial charge in [-0.1, -0.05) is 5.16 Å². The number of amides is 3. The highest BCUT2D eigenvalue weighted by Gasteiger charge is 2.41. The summed E-state index contributed by atoms with van der Waals surface area (Å²) in [5, 5.41) is 14.2. The van der Waals surface area contributed by atoms with Gasteiger partial charge in [0.25, 0.3) is 0 Å². The van der Waals surface area contributed by atoms with Gasteiger partial charge in [0, 0.05) is 35.2 Å². The molecule has 2 aromatic rings. The smallest absolute Gasteiger partial charge is 0.328 e. The molecule has 1 saturated heterocycles. The Labute approximate surface area is 163 Å². The topological polar surface area (TPSA) is 130 Å². The number of aromatic nitrogens is 1. The number of carbonyl (C=O) groups excluding carboxylic acids is 3. The summed E-state index contributed by atoms with van der Waals surface area (Å²) in [4.78, 5) is 48.5. The summed E-state index contributed by atoms with van der Waals surface area (Å²) in [6.07, 6.45) is 1.70. The summed E-state index contributed by atoms with van der Waals surface area (Å²) in [6.45, 7) is 1.67. The number of rotatable bonds is 6. The molecule has 2 heterocycles. The minimum absolute atomic E-state index is 0.0495. The van der Waals surface area contributed by atoms with Crippen molar-refractivity contribution in [3.63, 3.8) is 0 Å². The standard InChI is InChI=1S/C18H15N3O6S/c1-10-8-14(20-27-10)21-16(23)9-13(18(21)26)28-12-4-2-11(3-5-12)19-15(22)6-7-17(24)25/h2-8,13H,9H2,1H3,(H,19,22)(H,24,25)/b7-6+. The van der Waals surface area contributed by atoms with Crippen LogP contribution in [0.3, 0.4) is 0 Å². The number of hydrogen-bond acceptors (Lipinski definition) is 7. The van der Waals surface area contributed by atoms with Crippen molar-refractivity contribution in [3.05, 3.63) is 48.2 Å². The van der Waals surface area contributed by atoms with E-state index in [1.54, 1.807) is 31.2 Å². The molecule has 0 aliphatic carbocycles. The lowest BCUT2D eigenvalue weighted by molar-refractivity contribution is -0.131. The molecule has 144 valence electrons. The van der Waals surface area contributed by atoms with Gasteiger partial charge in [-0.25, -0.2) is 9.69 Å². The van der Waals surface area contributed by atoms with Gasteiger partial charge in [-0.2, -0.15) is 0 Å². The zero-order valence-corrected chi connectivity index (χ0v) is 15.4. The SMILES string of the molecule is Cc1cc(N2C(=O)CC(Sc3ccc(NC(=O)/C=C/C(=O)O)cc3)C2=O)no1. The summed E-state index contributed by atoms with van der Waals surface area (Å²) in [7, 11) is 0. The molecule has 0 spiro atoms. The second kappa shape index (κ2) is 8.09. The molecule has 3 rings (SSSR count). The highest BCUT2D eigenvalue weighted by molar-refractivity contribution is 8.00. The zero-order valence-electron chi connectivity index (χ0n) is 14.6. The van der Waals surface area contributed by atoms with Crippen LogP contribution in [0, 0.1) is 6.92 Å². The van der Waals surface area contributed by atoms with E-state index in [9.17, 15) is 19.2 Å². The Kier molecular flexibility index (Phi) is 5.59. The minimum Gasteiger partial charge on any atom is -0.478 e. The molecule has 1 aliphatic heterocycles. The molecule has 1 unspecified atom stereocenters. The van der Waals surface area contributed by atoms with Crippen molar-refractivity contribution in [2.45, 2.75) is 23.5 Å². The number of benzene rings is 1. The van der Waals surface area contributed by atoms with Crippen molar-refractivity contribution in [3.8, 4) is 0 Å². The first-order valence-electron chi connectivity index (χ1n) is 8.12. The van der Waals surface area contributed by atoms with Gasteiger partial charge in [-0.3, -0.25) is 14.4 Å². The van der Waals surface area contributed by atoms with Crippen LogP contribution in [0.2, 0.25) is 0 Å². The first-order chi connectivity index (χ1) is 13.3. The molecule has 1 atom stereocenters. The van der Waals surface area contributed by atoms with Crippen LogP contribution in [0.15, 0.2) is 51.9 Å². The van der Waals surface area contributed by atoms with Crippen LogP contribution in [0.4, 0.5) is 11.5 Å². The number of hydrogen-bond donors (Lipinski definition) is 2. The van der Waals surface area contributed by atoms with Crippen molar-refractivity contribution in [1.29, 1.82) is 0 Å². The Hall–Kier alpha value is -3.40. The molecule has 1 aliphatic rings. The molecular formula is C18H15N3O6S. The Morgan fingerprint density at radius 2 is 2.00 bits per heavy atom. The predicted molar refractivity (Wildman–Crippen MR) is 99.8 cm³/mol. The van der Waals surface area contributed by atoms with Crippen LogP contribution >= 0.6 is 11.8 Å². The molecule has 28 heavy (non-hydrogen) atoms. The van der Waals surface area contributed by atoms with Gasteiger partial charge in [-0.05, 0) is 31.2 Å². The van der Waals surface area contributed by atoms with Crippen molar-refractivity contribution >= 4 is 47.0 Å². The molecule has 0 saturated carbocycles. The fraction of sp³-hybridized carbons (Fsp3) is 0.167. The Morgan fingerprint density at radius 1 is 1.29 bits per heavy atom. The number of nitrogens with zero attached hydrogens (tertiary/aromatic N) is 2. The van der Waals surface area contributed by atoms with E-state index in [-0.39, 0.29) is 24.1 Å².